The van der Waals surface area contributed by atoms with Crippen LogP contribution in [-0.2, 0) is 16.4 Å². The van der Waals surface area contributed by atoms with E-state index >= 15 is 0 Å². The monoisotopic (exact) mass is 565 g/mol. The fourth-order valence-corrected chi connectivity index (χ4v) is 5.95. The van der Waals surface area contributed by atoms with Crippen molar-refractivity contribution >= 4 is 38.0 Å². The molecule has 4 aromatic carbocycles. The number of hydrogen-bond acceptors (Lipinski definition) is 4. The molecule has 41 heavy (non-hydrogen) atoms. The normalized spacial score (nSPS) is 12.8. The summed E-state index contributed by atoms with van der Waals surface area (Å²) < 4.78 is 46.6. The molecule has 6 rings (SSSR count). The van der Waals surface area contributed by atoms with E-state index < -0.39 is 15.8 Å². The van der Waals surface area contributed by atoms with Crippen LogP contribution < -0.4 is 4.31 Å². The van der Waals surface area contributed by atoms with E-state index in [1.807, 2.05) is 30.3 Å². The summed E-state index contributed by atoms with van der Waals surface area (Å²) in [6.07, 6.45) is 4.41. The van der Waals surface area contributed by atoms with Crippen molar-refractivity contribution in [2.24, 2.45) is 0 Å². The molecule has 0 fully saturated rings. The number of rotatable bonds is 7. The van der Waals surface area contributed by atoms with E-state index in [-0.39, 0.29) is 12.2 Å². The number of fused-ring (bicyclic) bond motifs is 2. The number of anilines is 1. The molecule has 0 N–H and O–H groups in total. The molecule has 0 bridgehead atoms. The lowest BCUT2D eigenvalue weighted by Gasteiger charge is -2.21. The van der Waals surface area contributed by atoms with E-state index in [0.717, 1.165) is 34.9 Å². The minimum absolute atomic E-state index is 0.124. The first-order chi connectivity index (χ1) is 19.7. The standard InChI is InChI=1S/C34H28FNO4S/c1-4-31(37)33-29-19-28(24-11-10-22-14-17-26(27(22)18-24)21-8-6-5-7-9-21)30(36(2)41(3,38)39)20-32(29)40-34(33)23-12-15-25(35)16-13-23/h5-13,15-20H,4,14H2,1-3H3. The molecule has 0 saturated heterocycles. The fraction of sp³-hybridized carbons (Fsp3) is 0.147. The average molecular weight is 566 g/mol. The summed E-state index contributed by atoms with van der Waals surface area (Å²) in [7, 11) is -2.13. The molecule has 1 aromatic heterocycles. The van der Waals surface area contributed by atoms with Gasteiger partial charge in [-0.25, -0.2) is 12.8 Å². The van der Waals surface area contributed by atoms with E-state index in [1.165, 1.54) is 29.0 Å². The van der Waals surface area contributed by atoms with E-state index in [9.17, 15) is 17.6 Å². The van der Waals surface area contributed by atoms with Crippen LogP contribution in [0.4, 0.5) is 10.1 Å². The number of hydrogen-bond donors (Lipinski definition) is 0. The Hall–Kier alpha value is -4.49. The van der Waals surface area contributed by atoms with E-state index in [1.54, 1.807) is 25.1 Å². The van der Waals surface area contributed by atoms with Gasteiger partial charge in [-0.05, 0) is 70.6 Å². The Bertz CT molecular complexity index is 1960. The Balaban J connectivity index is 1.61. The van der Waals surface area contributed by atoms with Gasteiger partial charge in [0.15, 0.2) is 5.78 Å². The van der Waals surface area contributed by atoms with Gasteiger partial charge in [0, 0.05) is 36.0 Å². The summed E-state index contributed by atoms with van der Waals surface area (Å²) in [5, 5.41) is 0.580. The fourth-order valence-electron chi connectivity index (χ4n) is 5.45. The maximum absolute atomic E-state index is 13.7. The van der Waals surface area contributed by atoms with Gasteiger partial charge >= 0.3 is 0 Å². The summed E-state index contributed by atoms with van der Waals surface area (Å²) in [5.41, 5.74) is 7.76. The highest BCUT2D eigenvalue weighted by Crippen LogP contribution is 2.43. The van der Waals surface area contributed by atoms with Crippen LogP contribution in [0.5, 0.6) is 0 Å². The van der Waals surface area contributed by atoms with Crippen LogP contribution in [0.3, 0.4) is 0 Å². The highest BCUT2D eigenvalue weighted by Gasteiger charge is 2.26. The summed E-state index contributed by atoms with van der Waals surface area (Å²) in [4.78, 5) is 13.3. The van der Waals surface area contributed by atoms with Gasteiger partial charge in [-0.15, -0.1) is 0 Å². The van der Waals surface area contributed by atoms with E-state index in [2.05, 4.69) is 30.3 Å². The first-order valence-corrected chi connectivity index (χ1v) is 15.2. The van der Waals surface area contributed by atoms with Crippen molar-refractivity contribution in [2.75, 3.05) is 17.6 Å². The molecule has 5 nitrogen and oxygen atoms in total. The van der Waals surface area contributed by atoms with Crippen LogP contribution in [0.2, 0.25) is 0 Å². The van der Waals surface area contributed by atoms with Crippen LogP contribution >= 0.6 is 0 Å². The lowest BCUT2D eigenvalue weighted by atomic mass is 9.92. The van der Waals surface area contributed by atoms with Crippen molar-refractivity contribution in [1.29, 1.82) is 0 Å². The summed E-state index contributed by atoms with van der Waals surface area (Å²) in [6.45, 7) is 1.78. The zero-order valence-corrected chi connectivity index (χ0v) is 23.8. The Labute approximate surface area is 238 Å². The molecule has 0 saturated carbocycles. The number of ketones is 1. The number of allylic oxidation sites excluding steroid dienone is 1. The molecule has 0 radical (unpaired) electrons. The van der Waals surface area contributed by atoms with Gasteiger partial charge in [-0.1, -0.05) is 55.5 Å². The maximum Gasteiger partial charge on any atom is 0.232 e. The third-order valence-corrected chi connectivity index (χ3v) is 8.86. The Morgan fingerprint density at radius 2 is 1.61 bits per heavy atom. The summed E-state index contributed by atoms with van der Waals surface area (Å²) in [6, 6.07) is 25.6. The highest BCUT2D eigenvalue weighted by molar-refractivity contribution is 7.92. The molecule has 1 aliphatic rings. The van der Waals surface area contributed by atoms with Crippen molar-refractivity contribution in [3.63, 3.8) is 0 Å². The summed E-state index contributed by atoms with van der Waals surface area (Å²) in [5.74, 6) is -0.185. The molecule has 0 amide bonds. The second-order valence-corrected chi connectivity index (χ2v) is 12.3. The van der Waals surface area contributed by atoms with Gasteiger partial charge in [0.05, 0.1) is 17.5 Å². The van der Waals surface area contributed by atoms with Crippen LogP contribution in [0.1, 0.15) is 40.4 Å². The number of nitrogens with zero attached hydrogens (tertiary/aromatic N) is 1. The van der Waals surface area contributed by atoms with Crippen molar-refractivity contribution in [1.82, 2.24) is 0 Å². The molecule has 206 valence electrons. The highest BCUT2D eigenvalue weighted by atomic mass is 32.2. The van der Waals surface area contributed by atoms with E-state index in [4.69, 9.17) is 4.42 Å². The number of Topliss-reactive ketones (excluding diaryl/α,β-unsaturated/α-hetero) is 1. The first-order valence-electron chi connectivity index (χ1n) is 13.4. The number of halogens is 1. The quantitative estimate of drug-likeness (QED) is 0.188. The van der Waals surface area contributed by atoms with Crippen LogP contribution in [0.15, 0.2) is 95.4 Å². The van der Waals surface area contributed by atoms with Crippen molar-refractivity contribution in [3.8, 4) is 22.5 Å². The van der Waals surface area contributed by atoms with Gasteiger partial charge in [0.2, 0.25) is 10.0 Å². The van der Waals surface area contributed by atoms with Crippen LogP contribution in [0.25, 0.3) is 39.0 Å². The molecule has 1 aliphatic carbocycles. The Morgan fingerprint density at radius 1 is 0.902 bits per heavy atom. The molecule has 5 aromatic rings. The summed E-state index contributed by atoms with van der Waals surface area (Å²) >= 11 is 0. The van der Waals surface area contributed by atoms with Gasteiger partial charge in [0.25, 0.3) is 0 Å². The van der Waals surface area contributed by atoms with Gasteiger partial charge < -0.3 is 4.42 Å². The zero-order valence-electron chi connectivity index (χ0n) is 22.9. The molecule has 0 aliphatic heterocycles. The molecule has 0 unspecified atom stereocenters. The second-order valence-electron chi connectivity index (χ2n) is 10.2. The maximum atomic E-state index is 13.7. The number of carbonyl (C=O) groups is 1. The number of sulfonamides is 1. The number of benzene rings is 4. The molecule has 7 heteroatoms. The van der Waals surface area contributed by atoms with Crippen molar-refractivity contribution in [3.05, 3.63) is 119 Å². The smallest absolute Gasteiger partial charge is 0.232 e. The van der Waals surface area contributed by atoms with Crippen molar-refractivity contribution in [2.45, 2.75) is 19.8 Å². The van der Waals surface area contributed by atoms with Gasteiger partial charge in [-0.2, -0.15) is 0 Å². The lowest BCUT2D eigenvalue weighted by molar-refractivity contribution is 0.0989. The molecule has 1 heterocycles. The van der Waals surface area contributed by atoms with Gasteiger partial charge in [0.1, 0.15) is 17.2 Å². The molecule has 0 spiro atoms. The molecular weight excluding hydrogens is 537 g/mol. The van der Waals surface area contributed by atoms with Crippen LogP contribution in [0, 0.1) is 5.82 Å². The SMILES string of the molecule is CCC(=O)c1c(-c2ccc(F)cc2)oc2cc(N(C)S(C)(=O)=O)c(-c3ccc4c(c3)C(c3ccccc3)=CC4)cc12. The predicted molar refractivity (Wildman–Crippen MR) is 162 cm³/mol. The van der Waals surface area contributed by atoms with Crippen LogP contribution in [-0.4, -0.2) is 27.5 Å². The lowest BCUT2D eigenvalue weighted by Crippen LogP contribution is -2.25. The Morgan fingerprint density at radius 3 is 2.29 bits per heavy atom. The second kappa shape index (κ2) is 10.2. The predicted octanol–water partition coefficient (Wildman–Crippen LogP) is 7.88. The zero-order chi connectivity index (χ0) is 28.9. The molecule has 0 atom stereocenters. The van der Waals surface area contributed by atoms with E-state index in [0.29, 0.717) is 39.1 Å². The van der Waals surface area contributed by atoms with Crippen molar-refractivity contribution < 1.29 is 22.0 Å². The first kappa shape index (κ1) is 26.7. The minimum atomic E-state index is -3.63. The van der Waals surface area contributed by atoms with Gasteiger partial charge in [-0.3, -0.25) is 9.10 Å². The number of carbonyl (C=O) groups excluding carboxylic acids is 1. The largest absolute Gasteiger partial charge is 0.455 e. The Kier molecular flexibility index (Phi) is 6.62. The topological polar surface area (TPSA) is 67.6 Å². The average Bonchev–Trinajstić information content (AvgIpc) is 3.57. The third kappa shape index (κ3) is 4.76. The minimum Gasteiger partial charge on any atom is -0.455 e. The third-order valence-electron chi connectivity index (χ3n) is 7.67. The number of furan rings is 1. The molecular formula is C34H28FNO4S.